The summed E-state index contributed by atoms with van der Waals surface area (Å²) in [4.78, 5) is 11.8. The molecule has 6 heteroatoms. The van der Waals surface area contributed by atoms with Crippen LogP contribution in [0.25, 0.3) is 0 Å². The van der Waals surface area contributed by atoms with Gasteiger partial charge in [0.15, 0.2) is 0 Å². The van der Waals surface area contributed by atoms with E-state index in [0.29, 0.717) is 35.2 Å². The van der Waals surface area contributed by atoms with Gasteiger partial charge < -0.3 is 14.2 Å². The molecule has 0 aliphatic heterocycles. The molecule has 0 saturated heterocycles. The van der Waals surface area contributed by atoms with Gasteiger partial charge in [0.25, 0.3) is 0 Å². The molecule has 0 amide bonds. The lowest BCUT2D eigenvalue weighted by molar-refractivity contribution is -0.146. The number of aliphatic carboxylic acids is 1. The van der Waals surface area contributed by atoms with Gasteiger partial charge in [-0.15, -0.1) is 0 Å². The molecule has 4 aliphatic rings. The standard InChI is InChI=1S/C22H36O4P2/c1-12(20(23)24)15-4-5-16-19-17(7-9-22(15,16)3)21(2)8-6-14(25-27)10-13(21)11-18(19)26-28/h11-17,19H,4-10,27-28H2,1-3H3,(H,23,24)/t12-,13-,14+,15?,16-,17-,19-,21-,22+/m0/s1. The smallest absolute Gasteiger partial charge is 0.306 e. The average Bonchev–Trinajstić information content (AvgIpc) is 3.03. The topological polar surface area (TPSA) is 55.8 Å². The number of allylic oxidation sites excluding steroid dienone is 2. The summed E-state index contributed by atoms with van der Waals surface area (Å²) in [7, 11) is 4.94. The minimum atomic E-state index is -0.640. The highest BCUT2D eigenvalue weighted by molar-refractivity contribution is 7.10. The minimum absolute atomic E-state index is 0.102. The van der Waals surface area contributed by atoms with Crippen LogP contribution in [0.15, 0.2) is 11.8 Å². The maximum absolute atomic E-state index is 11.8. The first-order chi connectivity index (χ1) is 13.3. The zero-order chi connectivity index (χ0) is 20.3. The molecule has 11 atom stereocenters. The maximum Gasteiger partial charge on any atom is 0.306 e. The second-order valence-corrected chi connectivity index (χ2v) is 10.9. The Hall–Kier alpha value is -0.170. The quantitative estimate of drug-likeness (QED) is 0.607. The normalized spacial score (nSPS) is 48.7. The van der Waals surface area contributed by atoms with Crippen LogP contribution in [-0.2, 0) is 13.8 Å². The predicted molar refractivity (Wildman–Crippen MR) is 116 cm³/mol. The highest BCUT2D eigenvalue weighted by Gasteiger charge is 2.62. The third-order valence-corrected chi connectivity index (χ3v) is 10.2. The van der Waals surface area contributed by atoms with Crippen LogP contribution in [0, 0.1) is 46.3 Å². The van der Waals surface area contributed by atoms with Gasteiger partial charge in [0.2, 0.25) is 0 Å². The lowest BCUT2D eigenvalue weighted by atomic mass is 9.46. The van der Waals surface area contributed by atoms with E-state index in [1.807, 2.05) is 6.92 Å². The van der Waals surface area contributed by atoms with Crippen molar-refractivity contribution in [2.24, 2.45) is 46.3 Å². The Morgan fingerprint density at radius 1 is 1.14 bits per heavy atom. The lowest BCUT2D eigenvalue weighted by Crippen LogP contribution is -2.54. The van der Waals surface area contributed by atoms with Crippen LogP contribution in [0.4, 0.5) is 0 Å². The Morgan fingerprint density at radius 2 is 1.82 bits per heavy atom. The Morgan fingerprint density at radius 3 is 2.46 bits per heavy atom. The van der Waals surface area contributed by atoms with Gasteiger partial charge in [-0.25, -0.2) is 0 Å². The monoisotopic (exact) mass is 426 g/mol. The first kappa shape index (κ1) is 21.1. The van der Waals surface area contributed by atoms with Gasteiger partial charge in [-0.05, 0) is 85.5 Å². The highest BCUT2D eigenvalue weighted by atomic mass is 31.0. The number of hydrogen-bond acceptors (Lipinski definition) is 3. The molecule has 4 nitrogen and oxygen atoms in total. The van der Waals surface area contributed by atoms with Crippen LogP contribution in [0.3, 0.4) is 0 Å². The van der Waals surface area contributed by atoms with Gasteiger partial charge >= 0.3 is 5.97 Å². The van der Waals surface area contributed by atoms with Gasteiger partial charge in [0.1, 0.15) is 0 Å². The largest absolute Gasteiger partial charge is 0.485 e. The second-order valence-electron chi connectivity index (χ2n) is 10.4. The van der Waals surface area contributed by atoms with Gasteiger partial charge in [-0.3, -0.25) is 4.79 Å². The van der Waals surface area contributed by atoms with Crippen molar-refractivity contribution in [1.29, 1.82) is 0 Å². The second kappa shape index (κ2) is 7.51. The summed E-state index contributed by atoms with van der Waals surface area (Å²) in [5.41, 5.74) is 0.402. The molecule has 0 aromatic rings. The number of carboxylic acid groups (broad SMARTS) is 1. The zero-order valence-electron chi connectivity index (χ0n) is 17.4. The van der Waals surface area contributed by atoms with Crippen molar-refractivity contribution in [2.45, 2.75) is 71.8 Å². The summed E-state index contributed by atoms with van der Waals surface area (Å²) < 4.78 is 11.6. The van der Waals surface area contributed by atoms with Crippen LogP contribution >= 0.6 is 18.9 Å². The van der Waals surface area contributed by atoms with Crippen LogP contribution < -0.4 is 0 Å². The fourth-order valence-corrected chi connectivity index (χ4v) is 8.39. The average molecular weight is 426 g/mol. The molecule has 0 aromatic carbocycles. The molecular weight excluding hydrogens is 390 g/mol. The molecule has 4 aliphatic carbocycles. The summed E-state index contributed by atoms with van der Waals surface area (Å²) in [6.45, 7) is 6.79. The predicted octanol–water partition coefficient (Wildman–Crippen LogP) is 5.45. The molecule has 3 fully saturated rings. The molecule has 0 radical (unpaired) electrons. The van der Waals surface area contributed by atoms with Gasteiger partial charge in [-0.1, -0.05) is 20.8 Å². The van der Waals surface area contributed by atoms with Gasteiger partial charge in [-0.2, -0.15) is 0 Å². The van der Waals surface area contributed by atoms with E-state index in [-0.39, 0.29) is 17.3 Å². The Bertz CT molecular complexity index is 667. The molecule has 1 N–H and O–H groups in total. The van der Waals surface area contributed by atoms with E-state index in [4.69, 9.17) is 9.05 Å². The Balaban J connectivity index is 1.69. The van der Waals surface area contributed by atoms with E-state index in [1.165, 1.54) is 12.8 Å². The highest BCUT2D eigenvalue weighted by Crippen LogP contribution is 2.68. The molecule has 0 bridgehead atoms. The summed E-state index contributed by atoms with van der Waals surface area (Å²) in [5.74, 6) is 2.59. The van der Waals surface area contributed by atoms with Crippen molar-refractivity contribution < 1.29 is 18.9 Å². The molecule has 0 heterocycles. The number of carboxylic acids is 1. The summed E-state index contributed by atoms with van der Waals surface area (Å²) >= 11 is 0. The van der Waals surface area contributed by atoms with Crippen molar-refractivity contribution in [3.8, 4) is 0 Å². The van der Waals surface area contributed by atoms with Crippen molar-refractivity contribution in [3.63, 3.8) is 0 Å². The molecule has 0 spiro atoms. The van der Waals surface area contributed by atoms with E-state index >= 15 is 0 Å². The molecule has 3 saturated carbocycles. The fourth-order valence-electron chi connectivity index (χ4n) is 7.91. The SMILES string of the molecule is C[C@H](C(=O)O)C1CC[C@H]2[C@@H]3C(OP)=C[C@@H]4C[C@H](OP)CC[C@]4(C)[C@H]3CC[C@]12C. The van der Waals surface area contributed by atoms with Gasteiger partial charge in [0.05, 0.1) is 27.2 Å². The van der Waals surface area contributed by atoms with E-state index in [9.17, 15) is 9.90 Å². The summed E-state index contributed by atoms with van der Waals surface area (Å²) in [6, 6.07) is 0. The third-order valence-electron chi connectivity index (χ3n) is 9.58. The van der Waals surface area contributed by atoms with Crippen molar-refractivity contribution >= 4 is 24.9 Å². The minimum Gasteiger partial charge on any atom is -0.485 e. The van der Waals surface area contributed by atoms with Gasteiger partial charge in [0, 0.05) is 15.4 Å². The molecule has 4 rings (SSSR count). The molecule has 158 valence electrons. The third kappa shape index (κ3) is 3.00. The van der Waals surface area contributed by atoms with Crippen molar-refractivity contribution in [3.05, 3.63) is 11.8 Å². The zero-order valence-corrected chi connectivity index (χ0v) is 19.7. The number of hydrogen-bond donors (Lipinski definition) is 1. The van der Waals surface area contributed by atoms with E-state index in [1.54, 1.807) is 0 Å². The van der Waals surface area contributed by atoms with Crippen LogP contribution in [0.1, 0.15) is 65.7 Å². The van der Waals surface area contributed by atoms with Crippen LogP contribution in [-0.4, -0.2) is 17.2 Å². The lowest BCUT2D eigenvalue weighted by Gasteiger charge is -2.59. The number of carbonyl (C=O) groups is 1. The van der Waals surface area contributed by atoms with Crippen LogP contribution in [0.2, 0.25) is 0 Å². The van der Waals surface area contributed by atoms with E-state index < -0.39 is 5.97 Å². The van der Waals surface area contributed by atoms with E-state index in [0.717, 1.165) is 37.9 Å². The maximum atomic E-state index is 11.8. The fraction of sp³-hybridized carbons (Fsp3) is 0.864. The summed E-state index contributed by atoms with van der Waals surface area (Å²) in [5, 5.41) is 9.67. The Labute approximate surface area is 174 Å². The van der Waals surface area contributed by atoms with E-state index in [2.05, 4.69) is 38.9 Å². The molecule has 0 aromatic heterocycles. The number of rotatable bonds is 4. The Kier molecular flexibility index (Phi) is 5.65. The molecular formula is C22H36O4P2. The first-order valence-corrected chi connectivity index (χ1v) is 11.9. The van der Waals surface area contributed by atoms with Crippen molar-refractivity contribution in [1.82, 2.24) is 0 Å². The van der Waals surface area contributed by atoms with Crippen molar-refractivity contribution in [2.75, 3.05) is 0 Å². The molecule has 28 heavy (non-hydrogen) atoms. The molecule has 3 unspecified atom stereocenters. The first-order valence-electron chi connectivity index (χ1n) is 10.9. The number of fused-ring (bicyclic) bond motifs is 5. The summed E-state index contributed by atoms with van der Waals surface area (Å²) in [6.07, 6.45) is 10.6. The van der Waals surface area contributed by atoms with Crippen LogP contribution in [0.5, 0.6) is 0 Å².